The van der Waals surface area contributed by atoms with Gasteiger partial charge in [0.05, 0.1) is 0 Å². The lowest BCUT2D eigenvalue weighted by Gasteiger charge is -2.25. The van der Waals surface area contributed by atoms with Gasteiger partial charge >= 0.3 is 0 Å². The SMILES string of the molecule is CC(CSc1cccc[n+]1C)C(=O)N1CCC[C@H]1C(=O)Br. The van der Waals surface area contributed by atoms with Crippen molar-refractivity contribution < 1.29 is 14.2 Å². The number of amides is 1. The van der Waals surface area contributed by atoms with Gasteiger partial charge in [-0.25, -0.2) is 0 Å². The van der Waals surface area contributed by atoms with E-state index in [1.807, 2.05) is 42.9 Å². The van der Waals surface area contributed by atoms with E-state index in [2.05, 4.69) is 15.9 Å². The van der Waals surface area contributed by atoms with E-state index in [9.17, 15) is 9.59 Å². The Morgan fingerprint density at radius 2 is 2.29 bits per heavy atom. The molecule has 6 heteroatoms. The van der Waals surface area contributed by atoms with Crippen molar-refractivity contribution in [3.05, 3.63) is 24.4 Å². The molecule has 0 aromatic carbocycles. The smallest absolute Gasteiger partial charge is 0.239 e. The van der Waals surface area contributed by atoms with Gasteiger partial charge < -0.3 is 4.90 Å². The monoisotopic (exact) mass is 371 g/mol. The first-order valence-electron chi connectivity index (χ1n) is 7.08. The van der Waals surface area contributed by atoms with Crippen LogP contribution in [0.1, 0.15) is 19.8 Å². The van der Waals surface area contributed by atoms with Crippen molar-refractivity contribution in [3.63, 3.8) is 0 Å². The van der Waals surface area contributed by atoms with E-state index in [1.54, 1.807) is 16.7 Å². The highest BCUT2D eigenvalue weighted by molar-refractivity contribution is 9.18. The summed E-state index contributed by atoms with van der Waals surface area (Å²) in [5.74, 6) is 0.704. The summed E-state index contributed by atoms with van der Waals surface area (Å²) in [6, 6.07) is 5.74. The molecule has 1 aliphatic heterocycles. The molecular weight excluding hydrogens is 352 g/mol. The molecule has 1 aromatic rings. The topological polar surface area (TPSA) is 41.3 Å². The van der Waals surface area contributed by atoms with Crippen molar-refractivity contribution in [2.45, 2.75) is 30.8 Å². The minimum Gasteiger partial charge on any atom is -0.331 e. The lowest BCUT2D eigenvalue weighted by molar-refractivity contribution is -0.708. The van der Waals surface area contributed by atoms with Gasteiger partial charge in [-0.1, -0.05) is 18.7 Å². The fraction of sp³-hybridized carbons (Fsp3) is 0.533. The van der Waals surface area contributed by atoms with Crippen LogP contribution in [0.5, 0.6) is 0 Å². The van der Waals surface area contributed by atoms with Crippen LogP contribution in [0.2, 0.25) is 0 Å². The summed E-state index contributed by atoms with van der Waals surface area (Å²) >= 11 is 4.67. The highest BCUT2D eigenvalue weighted by atomic mass is 79.9. The Hall–Kier alpha value is -0.880. The number of halogens is 1. The Kier molecular flexibility index (Phi) is 5.81. The number of hydrogen-bond acceptors (Lipinski definition) is 3. The third-order valence-electron chi connectivity index (χ3n) is 3.71. The molecular formula is C15H20BrN2O2S+. The maximum Gasteiger partial charge on any atom is 0.239 e. The molecule has 1 unspecified atom stereocenters. The number of aryl methyl sites for hydroxylation is 1. The van der Waals surface area contributed by atoms with Gasteiger partial charge in [0.2, 0.25) is 15.6 Å². The number of thioether (sulfide) groups is 1. The number of hydrogen-bond donors (Lipinski definition) is 0. The summed E-state index contributed by atoms with van der Waals surface area (Å²) in [6.07, 6.45) is 3.67. The number of nitrogens with zero attached hydrogens (tertiary/aromatic N) is 2. The Balaban J connectivity index is 1.94. The van der Waals surface area contributed by atoms with Gasteiger partial charge in [0.15, 0.2) is 6.20 Å². The van der Waals surface area contributed by atoms with Crippen LogP contribution in [0.25, 0.3) is 0 Å². The van der Waals surface area contributed by atoms with Crippen molar-refractivity contribution in [1.29, 1.82) is 0 Å². The van der Waals surface area contributed by atoms with E-state index in [4.69, 9.17) is 0 Å². The Morgan fingerprint density at radius 1 is 1.52 bits per heavy atom. The molecule has 4 nitrogen and oxygen atoms in total. The van der Waals surface area contributed by atoms with Crippen molar-refractivity contribution in [2.75, 3.05) is 12.3 Å². The number of pyridine rings is 1. The normalized spacial score (nSPS) is 19.6. The van der Waals surface area contributed by atoms with Crippen molar-refractivity contribution in [3.8, 4) is 0 Å². The third-order valence-corrected chi connectivity index (χ3v) is 5.62. The summed E-state index contributed by atoms with van der Waals surface area (Å²) in [6.45, 7) is 2.63. The average molecular weight is 372 g/mol. The molecule has 1 aromatic heterocycles. The molecule has 0 aliphatic carbocycles. The number of aromatic nitrogens is 1. The zero-order valence-electron chi connectivity index (χ0n) is 12.3. The van der Waals surface area contributed by atoms with Crippen molar-refractivity contribution >= 4 is 38.3 Å². The summed E-state index contributed by atoms with van der Waals surface area (Å²) in [4.78, 5) is 25.8. The minimum absolute atomic E-state index is 0.0800. The molecule has 1 saturated heterocycles. The largest absolute Gasteiger partial charge is 0.331 e. The van der Waals surface area contributed by atoms with E-state index < -0.39 is 0 Å². The molecule has 2 atom stereocenters. The van der Waals surface area contributed by atoms with Crippen LogP contribution in [0.3, 0.4) is 0 Å². The number of carbonyl (C=O) groups excluding carboxylic acids is 2. The molecule has 0 saturated carbocycles. The van der Waals surface area contributed by atoms with E-state index in [0.29, 0.717) is 6.54 Å². The average Bonchev–Trinajstić information content (AvgIpc) is 2.95. The molecule has 21 heavy (non-hydrogen) atoms. The first-order valence-corrected chi connectivity index (χ1v) is 8.86. The fourth-order valence-electron chi connectivity index (χ4n) is 2.49. The van der Waals surface area contributed by atoms with Crippen LogP contribution in [0, 0.1) is 5.92 Å². The summed E-state index contributed by atoms with van der Waals surface area (Å²) in [5.41, 5.74) is 0. The molecule has 0 bridgehead atoms. The van der Waals surface area contributed by atoms with Crippen molar-refractivity contribution in [2.24, 2.45) is 13.0 Å². The van der Waals surface area contributed by atoms with Gasteiger partial charge in [0.1, 0.15) is 13.1 Å². The molecule has 0 radical (unpaired) electrons. The first-order chi connectivity index (χ1) is 10.0. The first kappa shape index (κ1) is 16.5. The van der Waals surface area contributed by atoms with Gasteiger partial charge in [0, 0.05) is 30.3 Å². The van der Waals surface area contributed by atoms with Crippen LogP contribution in [0.15, 0.2) is 29.4 Å². The number of likely N-dealkylation sites (tertiary alicyclic amines) is 1. The van der Waals surface area contributed by atoms with Gasteiger partial charge in [-0.15, -0.1) is 0 Å². The van der Waals surface area contributed by atoms with Crippen LogP contribution in [-0.4, -0.2) is 33.8 Å². The van der Waals surface area contributed by atoms with Crippen LogP contribution >= 0.6 is 27.7 Å². The van der Waals surface area contributed by atoms with E-state index >= 15 is 0 Å². The number of rotatable bonds is 5. The maximum absolute atomic E-state index is 12.5. The van der Waals surface area contributed by atoms with E-state index in [1.165, 1.54) is 0 Å². The predicted octanol–water partition coefficient (Wildman–Crippen LogP) is 2.15. The Morgan fingerprint density at radius 3 is 2.95 bits per heavy atom. The van der Waals surface area contributed by atoms with E-state index in [0.717, 1.165) is 23.6 Å². The second-order valence-corrected chi connectivity index (χ2v) is 7.18. The molecule has 114 valence electrons. The molecule has 0 N–H and O–H groups in total. The third kappa shape index (κ3) is 4.07. The highest BCUT2D eigenvalue weighted by Crippen LogP contribution is 2.24. The lowest BCUT2D eigenvalue weighted by Crippen LogP contribution is -2.42. The second kappa shape index (κ2) is 7.40. The van der Waals surface area contributed by atoms with Gasteiger partial charge in [-0.2, -0.15) is 4.57 Å². The maximum atomic E-state index is 12.5. The number of carbonyl (C=O) groups is 2. The van der Waals surface area contributed by atoms with Crippen molar-refractivity contribution in [1.82, 2.24) is 4.90 Å². The second-order valence-electron chi connectivity index (χ2n) is 5.36. The molecule has 1 aliphatic rings. The summed E-state index contributed by atoms with van der Waals surface area (Å²) in [5, 5.41) is 1.13. The molecule has 2 rings (SSSR count). The highest BCUT2D eigenvalue weighted by Gasteiger charge is 2.34. The molecule has 1 amide bonds. The Labute approximate surface area is 138 Å². The Bertz CT molecular complexity index is 538. The molecule has 2 heterocycles. The summed E-state index contributed by atoms with van der Waals surface area (Å²) in [7, 11) is 1.99. The van der Waals surface area contributed by atoms with Crippen LogP contribution in [-0.2, 0) is 16.6 Å². The van der Waals surface area contributed by atoms with Gasteiger partial charge in [-0.05, 0) is 34.8 Å². The van der Waals surface area contributed by atoms with Gasteiger partial charge in [0.25, 0.3) is 0 Å². The van der Waals surface area contributed by atoms with Gasteiger partial charge in [-0.3, -0.25) is 9.59 Å². The minimum atomic E-state index is -0.280. The lowest BCUT2D eigenvalue weighted by atomic mass is 10.1. The molecule has 1 fully saturated rings. The zero-order chi connectivity index (χ0) is 15.4. The quantitative estimate of drug-likeness (QED) is 0.452. The van der Waals surface area contributed by atoms with Crippen LogP contribution in [0.4, 0.5) is 0 Å². The zero-order valence-corrected chi connectivity index (χ0v) is 14.7. The van der Waals surface area contributed by atoms with E-state index in [-0.39, 0.29) is 22.6 Å². The van der Waals surface area contributed by atoms with Crippen LogP contribution < -0.4 is 4.57 Å². The molecule has 0 spiro atoms. The fourth-order valence-corrected chi connectivity index (χ4v) is 3.97. The predicted molar refractivity (Wildman–Crippen MR) is 86.2 cm³/mol. The standard InChI is InChI=1S/C15H20BrN2O2S/c1-11(10-21-13-7-3-4-8-17(13)2)15(20)18-9-5-6-12(18)14(16)19/h3-4,7-8,11-12H,5-6,9-10H2,1-2H3/q+1/t11?,12-/m0/s1. The summed E-state index contributed by atoms with van der Waals surface area (Å²) < 4.78 is 1.96.